The van der Waals surface area contributed by atoms with Gasteiger partial charge in [-0.2, -0.15) is 13.2 Å². The summed E-state index contributed by atoms with van der Waals surface area (Å²) in [5, 5.41) is 4.13. The van der Waals surface area contributed by atoms with Crippen molar-refractivity contribution in [1.82, 2.24) is 9.80 Å². The van der Waals surface area contributed by atoms with Crippen molar-refractivity contribution in [3.63, 3.8) is 0 Å². The van der Waals surface area contributed by atoms with E-state index in [1.807, 2.05) is 29.2 Å². The monoisotopic (exact) mass is 542 g/mol. The minimum absolute atomic E-state index is 0. The van der Waals surface area contributed by atoms with Crippen molar-refractivity contribution in [2.75, 3.05) is 56.0 Å². The summed E-state index contributed by atoms with van der Waals surface area (Å²) in [7, 11) is 0. The van der Waals surface area contributed by atoms with Crippen LogP contribution >= 0.6 is 23.4 Å². The molecule has 2 aliphatic rings. The molecule has 0 unspecified atom stereocenters. The molecule has 198 valence electrons. The number of hydrogen-bond acceptors (Lipinski definition) is 5. The molecule has 0 atom stereocenters. The second-order valence-electron chi connectivity index (χ2n) is 8.93. The Labute approximate surface area is 221 Å². The summed E-state index contributed by atoms with van der Waals surface area (Å²) in [6.07, 6.45) is 2.17. The van der Waals surface area contributed by atoms with Crippen molar-refractivity contribution in [2.24, 2.45) is 0 Å². The lowest BCUT2D eigenvalue weighted by Gasteiger charge is -2.37. The topological polar surface area (TPSA) is 38.8 Å². The highest BCUT2D eigenvalue weighted by molar-refractivity contribution is 8.00. The van der Waals surface area contributed by atoms with Gasteiger partial charge in [0, 0.05) is 79.6 Å². The number of nitrogens with one attached hydrogen (secondary N) is 1. The first-order chi connectivity index (χ1) is 16.7. The molecular weight excluding hydrogens is 509 g/mol. The number of carbonyl (C=O) groups is 1. The van der Waals surface area contributed by atoms with E-state index in [2.05, 4.69) is 15.1 Å². The zero-order chi connectivity index (χ0) is 24.8. The van der Waals surface area contributed by atoms with Crippen molar-refractivity contribution in [3.8, 4) is 0 Å². The maximum Gasteiger partial charge on any atom is 0.446 e. The van der Waals surface area contributed by atoms with Crippen molar-refractivity contribution < 1.29 is 18.0 Å². The first kappa shape index (κ1) is 28.5. The van der Waals surface area contributed by atoms with Crippen LogP contribution in [0.2, 0.25) is 5.02 Å². The minimum Gasteiger partial charge on any atom is -0.382 e. The van der Waals surface area contributed by atoms with Crippen LogP contribution in [0.25, 0.3) is 0 Å². The molecule has 0 spiro atoms. The number of likely N-dealkylation sites (tertiary alicyclic amines) is 1. The lowest BCUT2D eigenvalue weighted by atomic mass is 10.0. The molecule has 5 nitrogen and oxygen atoms in total. The van der Waals surface area contributed by atoms with Gasteiger partial charge < -0.3 is 15.1 Å². The molecule has 10 heteroatoms. The second-order valence-corrected chi connectivity index (χ2v) is 10.5. The summed E-state index contributed by atoms with van der Waals surface area (Å²) < 4.78 is 37.4. The fraction of sp³-hybridized carbons (Fsp3) is 0.500. The van der Waals surface area contributed by atoms with Crippen LogP contribution in [0, 0.1) is 0 Å². The number of nitrogens with zero attached hydrogens (tertiary/aromatic N) is 3. The molecule has 0 saturated carbocycles. The molecule has 0 aromatic heterocycles. The number of anilines is 2. The number of rotatable bonds is 7. The Kier molecular flexibility index (Phi) is 10.2. The first-order valence-corrected chi connectivity index (χ1v) is 13.1. The summed E-state index contributed by atoms with van der Waals surface area (Å²) in [6.45, 7) is 5.90. The van der Waals surface area contributed by atoms with Crippen LogP contribution in [0.3, 0.4) is 0 Å². The smallest absolute Gasteiger partial charge is 0.382 e. The van der Waals surface area contributed by atoms with Gasteiger partial charge in [0.1, 0.15) is 0 Å². The van der Waals surface area contributed by atoms with E-state index in [1.54, 1.807) is 12.1 Å². The van der Waals surface area contributed by atoms with Crippen molar-refractivity contribution in [3.05, 3.63) is 53.6 Å². The Morgan fingerprint density at radius 3 is 2.14 bits per heavy atom. The zero-order valence-electron chi connectivity index (χ0n) is 19.4. The number of amides is 1. The Morgan fingerprint density at radius 1 is 0.944 bits per heavy atom. The van der Waals surface area contributed by atoms with Gasteiger partial charge in [-0.05, 0) is 73.1 Å². The molecule has 2 aromatic carbocycles. The number of benzene rings is 2. The fourth-order valence-electron chi connectivity index (χ4n) is 4.56. The van der Waals surface area contributed by atoms with E-state index >= 15 is 0 Å². The third-order valence-electron chi connectivity index (χ3n) is 6.51. The van der Waals surface area contributed by atoms with Gasteiger partial charge in [0.05, 0.1) is 0 Å². The fourth-order valence-corrected chi connectivity index (χ4v) is 5.22. The molecule has 2 saturated heterocycles. The van der Waals surface area contributed by atoms with Crippen molar-refractivity contribution in [2.45, 2.75) is 43.1 Å². The summed E-state index contributed by atoms with van der Waals surface area (Å²) >= 11 is 5.87. The molecule has 1 amide bonds. The number of piperazine rings is 1. The summed E-state index contributed by atoms with van der Waals surface area (Å²) in [4.78, 5) is 19.5. The highest BCUT2D eigenvalue weighted by atomic mass is 35.5. The van der Waals surface area contributed by atoms with Gasteiger partial charge in [-0.25, -0.2) is 0 Å². The highest BCUT2D eigenvalue weighted by Gasteiger charge is 2.29. The van der Waals surface area contributed by atoms with Crippen LogP contribution in [-0.4, -0.2) is 73.1 Å². The predicted molar refractivity (Wildman–Crippen MR) is 143 cm³/mol. The van der Waals surface area contributed by atoms with Crippen LogP contribution in [0.15, 0.2) is 53.4 Å². The average Bonchev–Trinajstić information content (AvgIpc) is 2.84. The zero-order valence-corrected chi connectivity index (χ0v) is 21.0. The summed E-state index contributed by atoms with van der Waals surface area (Å²) in [6, 6.07) is 14.4. The Balaban J connectivity index is 0.00000361. The first-order valence-electron chi connectivity index (χ1n) is 11.9. The number of halogens is 4. The van der Waals surface area contributed by atoms with Crippen LogP contribution in [0.5, 0.6) is 0 Å². The van der Waals surface area contributed by atoms with E-state index in [1.165, 1.54) is 17.8 Å². The van der Waals surface area contributed by atoms with Crippen molar-refractivity contribution >= 4 is 40.6 Å². The maximum absolute atomic E-state index is 12.7. The Bertz CT molecular complexity index is 959. The molecule has 2 heterocycles. The Hall–Kier alpha value is -2.10. The van der Waals surface area contributed by atoms with E-state index in [9.17, 15) is 18.0 Å². The molecule has 2 aromatic rings. The van der Waals surface area contributed by atoms with E-state index in [0.717, 1.165) is 56.3 Å². The van der Waals surface area contributed by atoms with Gasteiger partial charge in [-0.3, -0.25) is 9.69 Å². The second kappa shape index (κ2) is 12.9. The van der Waals surface area contributed by atoms with Crippen LogP contribution in [0.1, 0.15) is 26.7 Å². The minimum atomic E-state index is -4.28. The van der Waals surface area contributed by atoms with Crippen molar-refractivity contribution in [1.29, 1.82) is 0 Å². The molecular formula is C26H34ClF3N4OS. The van der Waals surface area contributed by atoms with Crippen LogP contribution < -0.4 is 10.2 Å². The van der Waals surface area contributed by atoms with Gasteiger partial charge in [0.2, 0.25) is 5.91 Å². The predicted octanol–water partition coefficient (Wildman–Crippen LogP) is 6.20. The number of hydrogen-bond donors (Lipinski definition) is 1. The van der Waals surface area contributed by atoms with Gasteiger partial charge in [0.15, 0.2) is 0 Å². The SMILES string of the molecule is C.O=C(CCN1CCN(c2ccc(Cl)cc2)CC1)N1CCC(Nc2ccc(SC(F)(F)F)cc2)CC1. The summed E-state index contributed by atoms with van der Waals surface area (Å²) in [5.41, 5.74) is -2.29. The molecule has 2 aliphatic heterocycles. The van der Waals surface area contributed by atoms with Gasteiger partial charge >= 0.3 is 5.51 Å². The van der Waals surface area contributed by atoms with Gasteiger partial charge in [-0.15, -0.1) is 0 Å². The van der Waals surface area contributed by atoms with Gasteiger partial charge in [0.25, 0.3) is 0 Å². The molecule has 1 N–H and O–H groups in total. The van der Waals surface area contributed by atoms with E-state index in [4.69, 9.17) is 11.6 Å². The van der Waals surface area contributed by atoms with E-state index in [-0.39, 0.29) is 36.0 Å². The van der Waals surface area contributed by atoms with E-state index in [0.29, 0.717) is 19.5 Å². The Morgan fingerprint density at radius 2 is 1.56 bits per heavy atom. The van der Waals surface area contributed by atoms with E-state index < -0.39 is 5.51 Å². The third-order valence-corrected chi connectivity index (χ3v) is 7.50. The standard InChI is InChI=1S/C25H30ClF3N4OS.CH4/c26-19-1-5-22(6-2-19)32-17-15-31(16-18-32)12-11-24(34)33-13-9-21(10-14-33)30-20-3-7-23(8-4-20)35-25(27,28)29;/h1-8,21,30H,9-18H2;1H4. The molecule has 0 bridgehead atoms. The van der Waals surface area contributed by atoms with Gasteiger partial charge in [-0.1, -0.05) is 19.0 Å². The molecule has 0 aliphatic carbocycles. The number of thioether (sulfide) groups is 1. The quantitative estimate of drug-likeness (QED) is 0.422. The average molecular weight is 543 g/mol. The number of piperidine rings is 1. The highest BCUT2D eigenvalue weighted by Crippen LogP contribution is 2.37. The lowest BCUT2D eigenvalue weighted by molar-refractivity contribution is -0.132. The molecule has 2 fully saturated rings. The largest absolute Gasteiger partial charge is 0.446 e. The third kappa shape index (κ3) is 8.49. The molecule has 4 rings (SSSR count). The number of alkyl halides is 3. The molecule has 36 heavy (non-hydrogen) atoms. The molecule has 0 radical (unpaired) electrons. The maximum atomic E-state index is 12.7. The normalized spacial score (nSPS) is 17.6. The number of carbonyl (C=O) groups excluding carboxylic acids is 1. The van der Waals surface area contributed by atoms with Crippen LogP contribution in [0.4, 0.5) is 24.5 Å². The van der Waals surface area contributed by atoms with Crippen LogP contribution in [-0.2, 0) is 4.79 Å². The summed E-state index contributed by atoms with van der Waals surface area (Å²) in [5.74, 6) is 0.192. The lowest BCUT2D eigenvalue weighted by Crippen LogP contribution is -2.48.